The van der Waals surface area contributed by atoms with Crippen molar-refractivity contribution in [3.8, 4) is 0 Å². The van der Waals surface area contributed by atoms with Gasteiger partial charge in [0.2, 0.25) is 5.91 Å². The van der Waals surface area contributed by atoms with Crippen LogP contribution >= 0.6 is 0 Å². The summed E-state index contributed by atoms with van der Waals surface area (Å²) in [4.78, 5) is 13.8. The van der Waals surface area contributed by atoms with Crippen molar-refractivity contribution in [2.45, 2.75) is 25.7 Å². The fraction of sp³-hybridized carbons (Fsp3) is 0.588. The third-order valence-corrected chi connectivity index (χ3v) is 4.00. The molecule has 2 rings (SSSR count). The molecule has 0 bridgehead atoms. The highest BCUT2D eigenvalue weighted by Crippen LogP contribution is 2.17. The van der Waals surface area contributed by atoms with Gasteiger partial charge in [-0.25, -0.2) is 0 Å². The lowest BCUT2D eigenvalue weighted by Gasteiger charge is -2.26. The Labute approximate surface area is 127 Å². The summed E-state index contributed by atoms with van der Waals surface area (Å²) < 4.78 is 5.25. The predicted octanol–water partition coefficient (Wildman–Crippen LogP) is 2.02. The van der Waals surface area contributed by atoms with Crippen LogP contribution in [-0.4, -0.2) is 50.2 Å². The summed E-state index contributed by atoms with van der Waals surface area (Å²) in [5, 5.41) is 3.38. The van der Waals surface area contributed by atoms with Crippen LogP contribution in [0.3, 0.4) is 0 Å². The van der Waals surface area contributed by atoms with E-state index in [1.54, 1.807) is 0 Å². The molecule has 1 amide bonds. The van der Waals surface area contributed by atoms with Crippen LogP contribution in [-0.2, 0) is 9.53 Å². The van der Waals surface area contributed by atoms with Gasteiger partial charge in [-0.15, -0.1) is 0 Å². The van der Waals surface area contributed by atoms with E-state index in [9.17, 15) is 4.79 Å². The minimum Gasteiger partial charge on any atom is -0.378 e. The van der Waals surface area contributed by atoms with Crippen LogP contribution in [0, 0.1) is 0 Å². The zero-order chi connectivity index (χ0) is 14.9. The van der Waals surface area contributed by atoms with Crippen molar-refractivity contribution in [2.24, 2.45) is 0 Å². The van der Waals surface area contributed by atoms with E-state index in [0.717, 1.165) is 32.6 Å². The molecule has 0 aliphatic carbocycles. The Morgan fingerprint density at radius 3 is 2.67 bits per heavy atom. The van der Waals surface area contributed by atoms with Crippen molar-refractivity contribution in [2.75, 3.05) is 39.4 Å². The molecule has 4 heteroatoms. The van der Waals surface area contributed by atoms with Gasteiger partial charge < -0.3 is 15.0 Å². The molecule has 1 atom stereocenters. The molecule has 1 saturated heterocycles. The first-order valence-corrected chi connectivity index (χ1v) is 7.88. The molecule has 116 valence electrons. The van der Waals surface area contributed by atoms with E-state index in [4.69, 9.17) is 4.74 Å². The van der Waals surface area contributed by atoms with Crippen LogP contribution in [0.4, 0.5) is 0 Å². The van der Waals surface area contributed by atoms with Gasteiger partial charge in [0.15, 0.2) is 0 Å². The van der Waals surface area contributed by atoms with E-state index < -0.39 is 0 Å². The van der Waals surface area contributed by atoms with E-state index >= 15 is 0 Å². The number of carbonyl (C=O) groups is 1. The normalized spacial score (nSPS) is 16.7. The molecule has 0 saturated carbocycles. The van der Waals surface area contributed by atoms with Crippen molar-refractivity contribution in [3.05, 3.63) is 35.9 Å². The summed E-state index contributed by atoms with van der Waals surface area (Å²) >= 11 is 0. The number of nitrogens with zero attached hydrogens (tertiary/aromatic N) is 1. The second-order valence-corrected chi connectivity index (χ2v) is 5.59. The highest BCUT2D eigenvalue weighted by molar-refractivity contribution is 5.76. The number of amides is 1. The zero-order valence-electron chi connectivity index (χ0n) is 12.9. The molecule has 0 radical (unpaired) electrons. The lowest BCUT2D eigenvalue weighted by molar-refractivity contribution is -0.135. The van der Waals surface area contributed by atoms with Crippen molar-refractivity contribution in [3.63, 3.8) is 0 Å². The second kappa shape index (κ2) is 8.80. The van der Waals surface area contributed by atoms with Gasteiger partial charge in [0.05, 0.1) is 13.2 Å². The molecule has 1 aromatic carbocycles. The number of morpholine rings is 1. The van der Waals surface area contributed by atoms with E-state index in [1.807, 2.05) is 11.0 Å². The van der Waals surface area contributed by atoms with Crippen molar-refractivity contribution in [1.29, 1.82) is 0 Å². The molecule has 21 heavy (non-hydrogen) atoms. The fourth-order valence-electron chi connectivity index (χ4n) is 2.56. The van der Waals surface area contributed by atoms with Crippen molar-refractivity contribution >= 4 is 5.91 Å². The van der Waals surface area contributed by atoms with Gasteiger partial charge in [0.25, 0.3) is 0 Å². The Balaban J connectivity index is 1.56. The average molecular weight is 290 g/mol. The Morgan fingerprint density at radius 2 is 1.95 bits per heavy atom. The number of carbonyl (C=O) groups excluding carboxylic acids is 1. The predicted molar refractivity (Wildman–Crippen MR) is 84.4 cm³/mol. The molecule has 1 heterocycles. The van der Waals surface area contributed by atoms with Crippen molar-refractivity contribution < 1.29 is 9.53 Å². The Hall–Kier alpha value is -1.39. The summed E-state index contributed by atoms with van der Waals surface area (Å²) in [6, 6.07) is 10.6. The topological polar surface area (TPSA) is 41.6 Å². The van der Waals surface area contributed by atoms with Gasteiger partial charge >= 0.3 is 0 Å². The maximum absolute atomic E-state index is 11.9. The van der Waals surface area contributed by atoms with E-state index in [1.165, 1.54) is 5.56 Å². The summed E-state index contributed by atoms with van der Waals surface area (Å²) in [6.45, 7) is 6.79. The molecule has 1 aliphatic heterocycles. The standard InChI is InChI=1S/C17H26N2O2/c1-15(16-5-3-2-4-6-16)7-9-18-10-8-17(20)19-11-13-21-14-12-19/h2-6,15,18H,7-14H2,1H3. The van der Waals surface area contributed by atoms with Gasteiger partial charge in [-0.3, -0.25) is 4.79 Å². The van der Waals surface area contributed by atoms with E-state index in [0.29, 0.717) is 25.6 Å². The summed E-state index contributed by atoms with van der Waals surface area (Å²) in [7, 11) is 0. The highest BCUT2D eigenvalue weighted by atomic mass is 16.5. The number of hydrogen-bond acceptors (Lipinski definition) is 3. The molecule has 1 fully saturated rings. The number of benzene rings is 1. The average Bonchev–Trinajstić information content (AvgIpc) is 2.55. The van der Waals surface area contributed by atoms with Crippen molar-refractivity contribution in [1.82, 2.24) is 10.2 Å². The van der Waals surface area contributed by atoms with Crippen LogP contribution in [0.25, 0.3) is 0 Å². The second-order valence-electron chi connectivity index (χ2n) is 5.59. The Kier molecular flexibility index (Phi) is 6.70. The first-order valence-electron chi connectivity index (χ1n) is 7.88. The molecule has 1 aromatic rings. The van der Waals surface area contributed by atoms with Gasteiger partial charge in [0, 0.05) is 26.1 Å². The molecule has 1 unspecified atom stereocenters. The van der Waals surface area contributed by atoms with Crippen LogP contribution in [0.15, 0.2) is 30.3 Å². The number of nitrogens with one attached hydrogen (secondary N) is 1. The highest BCUT2D eigenvalue weighted by Gasteiger charge is 2.15. The molecule has 0 spiro atoms. The van der Waals surface area contributed by atoms with Crippen LogP contribution in [0.5, 0.6) is 0 Å². The summed E-state index contributed by atoms with van der Waals surface area (Å²) in [5.41, 5.74) is 1.38. The van der Waals surface area contributed by atoms with E-state index in [-0.39, 0.29) is 5.91 Å². The third-order valence-electron chi connectivity index (χ3n) is 4.00. The van der Waals surface area contributed by atoms with Crippen LogP contribution in [0.2, 0.25) is 0 Å². The number of rotatable bonds is 7. The van der Waals surface area contributed by atoms with Gasteiger partial charge in [-0.2, -0.15) is 0 Å². The quantitative estimate of drug-likeness (QED) is 0.781. The van der Waals surface area contributed by atoms with Gasteiger partial charge in [0.1, 0.15) is 0 Å². The fourth-order valence-corrected chi connectivity index (χ4v) is 2.56. The SMILES string of the molecule is CC(CCNCCC(=O)N1CCOCC1)c1ccccc1. The lowest BCUT2D eigenvalue weighted by atomic mass is 9.98. The molecular weight excluding hydrogens is 264 g/mol. The molecule has 0 aromatic heterocycles. The van der Waals surface area contributed by atoms with Gasteiger partial charge in [-0.1, -0.05) is 37.3 Å². The van der Waals surface area contributed by atoms with Crippen LogP contribution in [0.1, 0.15) is 31.2 Å². The number of hydrogen-bond donors (Lipinski definition) is 1. The molecule has 4 nitrogen and oxygen atoms in total. The molecule has 1 aliphatic rings. The maximum Gasteiger partial charge on any atom is 0.224 e. The molecule has 1 N–H and O–H groups in total. The Bertz CT molecular complexity index is 416. The smallest absolute Gasteiger partial charge is 0.224 e. The summed E-state index contributed by atoms with van der Waals surface area (Å²) in [6.07, 6.45) is 1.68. The monoisotopic (exact) mass is 290 g/mol. The molecular formula is C17H26N2O2. The lowest BCUT2D eigenvalue weighted by Crippen LogP contribution is -2.41. The van der Waals surface area contributed by atoms with Crippen LogP contribution < -0.4 is 5.32 Å². The first kappa shape index (κ1) is 16.0. The van der Waals surface area contributed by atoms with E-state index in [2.05, 4.69) is 36.5 Å². The number of ether oxygens (including phenoxy) is 1. The largest absolute Gasteiger partial charge is 0.378 e. The maximum atomic E-state index is 11.9. The zero-order valence-corrected chi connectivity index (χ0v) is 12.9. The van der Waals surface area contributed by atoms with Gasteiger partial charge in [-0.05, 0) is 24.4 Å². The summed E-state index contributed by atoms with van der Waals surface area (Å²) in [5.74, 6) is 0.788. The Morgan fingerprint density at radius 1 is 1.24 bits per heavy atom. The third kappa shape index (κ3) is 5.48. The minimum absolute atomic E-state index is 0.238. The first-order chi connectivity index (χ1) is 10.3. The minimum atomic E-state index is 0.238.